The molecule has 1 saturated carbocycles. The molecule has 0 bridgehead atoms. The number of urea groups is 1. The number of anilines is 1. The monoisotopic (exact) mass is 423 g/mol. The van der Waals surface area contributed by atoms with E-state index in [4.69, 9.17) is 4.74 Å². The summed E-state index contributed by atoms with van der Waals surface area (Å²) in [6.45, 7) is 2.70. The van der Waals surface area contributed by atoms with E-state index in [2.05, 4.69) is 17.6 Å². The summed E-state index contributed by atoms with van der Waals surface area (Å²) in [6, 6.07) is 1.94. The number of hydrogen-bond acceptors (Lipinski definition) is 5. The number of carbonyl (C=O) groups is 4. The van der Waals surface area contributed by atoms with E-state index in [0.29, 0.717) is 24.8 Å². The second-order valence-electron chi connectivity index (χ2n) is 7.83. The lowest BCUT2D eigenvalue weighted by atomic mass is 9.77. The van der Waals surface area contributed by atoms with Crippen molar-refractivity contribution in [3.05, 3.63) is 29.8 Å². The Morgan fingerprint density at radius 2 is 1.97 bits per heavy atom. The minimum Gasteiger partial charge on any atom is -0.451 e. The van der Waals surface area contributed by atoms with Crippen molar-refractivity contribution in [3.63, 3.8) is 0 Å². The highest BCUT2D eigenvalue weighted by Gasteiger charge is 2.52. The van der Waals surface area contributed by atoms with Crippen molar-refractivity contribution >= 4 is 29.5 Å². The van der Waals surface area contributed by atoms with Crippen molar-refractivity contribution in [2.45, 2.75) is 51.2 Å². The average Bonchev–Trinajstić information content (AvgIpc) is 2.90. The molecule has 1 unspecified atom stereocenters. The number of amides is 4. The van der Waals surface area contributed by atoms with E-state index < -0.39 is 53.6 Å². The summed E-state index contributed by atoms with van der Waals surface area (Å²) >= 11 is 0. The number of hydrogen-bond donors (Lipinski definition) is 2. The summed E-state index contributed by atoms with van der Waals surface area (Å²) in [5.74, 6) is -3.59. The van der Waals surface area contributed by atoms with Gasteiger partial charge in [0.05, 0.1) is 5.69 Å². The Morgan fingerprint density at radius 1 is 1.30 bits per heavy atom. The molecule has 1 aromatic rings. The lowest BCUT2D eigenvalue weighted by molar-refractivity contribution is -0.155. The summed E-state index contributed by atoms with van der Waals surface area (Å²) in [4.78, 5) is 50.1. The molecule has 2 N–H and O–H groups in total. The SMILES string of the molecule is CC1CCC2(CC1)NC(=O)N(CC(=O)OC(C)C(=O)Nc1ccc(F)cc1F)C2=O. The first kappa shape index (κ1) is 21.7. The van der Waals surface area contributed by atoms with Gasteiger partial charge in [-0.2, -0.15) is 0 Å². The first-order valence-electron chi connectivity index (χ1n) is 9.71. The fourth-order valence-corrected chi connectivity index (χ4v) is 3.66. The fourth-order valence-electron chi connectivity index (χ4n) is 3.66. The van der Waals surface area contributed by atoms with Crippen LogP contribution in [0.2, 0.25) is 0 Å². The molecule has 1 aliphatic carbocycles. The Labute approximate surface area is 171 Å². The molecular formula is C20H23F2N3O5. The number of nitrogens with zero attached hydrogens (tertiary/aromatic N) is 1. The molecule has 162 valence electrons. The molecule has 1 heterocycles. The zero-order chi connectivity index (χ0) is 22.1. The van der Waals surface area contributed by atoms with Crippen LogP contribution in [0.4, 0.5) is 19.3 Å². The third kappa shape index (κ3) is 4.42. The quantitative estimate of drug-likeness (QED) is 0.559. The predicted molar refractivity (Wildman–Crippen MR) is 101 cm³/mol. The molecule has 8 nitrogen and oxygen atoms in total. The molecule has 2 fully saturated rings. The van der Waals surface area contributed by atoms with Crippen LogP contribution in [0.25, 0.3) is 0 Å². The van der Waals surface area contributed by atoms with Crippen LogP contribution >= 0.6 is 0 Å². The number of imide groups is 1. The zero-order valence-corrected chi connectivity index (χ0v) is 16.7. The Balaban J connectivity index is 1.56. The van der Waals surface area contributed by atoms with E-state index >= 15 is 0 Å². The van der Waals surface area contributed by atoms with Crippen LogP contribution in [0.5, 0.6) is 0 Å². The number of benzene rings is 1. The van der Waals surface area contributed by atoms with Gasteiger partial charge in [-0.3, -0.25) is 19.3 Å². The van der Waals surface area contributed by atoms with Gasteiger partial charge in [-0.05, 0) is 50.7 Å². The molecular weight excluding hydrogens is 400 g/mol. The number of nitrogens with one attached hydrogen (secondary N) is 2. The molecule has 3 rings (SSSR count). The highest BCUT2D eigenvalue weighted by Crippen LogP contribution is 2.36. The van der Waals surface area contributed by atoms with E-state index in [9.17, 15) is 28.0 Å². The van der Waals surface area contributed by atoms with Gasteiger partial charge in [0.15, 0.2) is 6.10 Å². The largest absolute Gasteiger partial charge is 0.451 e. The summed E-state index contributed by atoms with van der Waals surface area (Å²) in [5, 5.41) is 4.88. The van der Waals surface area contributed by atoms with Crippen LogP contribution in [0.1, 0.15) is 39.5 Å². The van der Waals surface area contributed by atoms with Gasteiger partial charge in [0.2, 0.25) is 0 Å². The Bertz CT molecular complexity index is 883. The zero-order valence-electron chi connectivity index (χ0n) is 16.7. The van der Waals surface area contributed by atoms with Crippen LogP contribution in [0.3, 0.4) is 0 Å². The predicted octanol–water partition coefficient (Wildman–Crippen LogP) is 2.34. The number of halogens is 2. The maximum absolute atomic E-state index is 13.6. The van der Waals surface area contributed by atoms with Crippen molar-refractivity contribution in [1.82, 2.24) is 10.2 Å². The van der Waals surface area contributed by atoms with E-state index in [0.717, 1.165) is 29.9 Å². The number of rotatable bonds is 5. The van der Waals surface area contributed by atoms with Crippen molar-refractivity contribution in [2.24, 2.45) is 5.92 Å². The van der Waals surface area contributed by atoms with Gasteiger partial charge in [0.25, 0.3) is 11.8 Å². The third-order valence-electron chi connectivity index (χ3n) is 5.53. The van der Waals surface area contributed by atoms with Crippen LogP contribution in [-0.4, -0.2) is 46.9 Å². The van der Waals surface area contributed by atoms with Gasteiger partial charge < -0.3 is 15.4 Å². The minimum atomic E-state index is -1.33. The van der Waals surface area contributed by atoms with Gasteiger partial charge in [0, 0.05) is 6.07 Å². The molecule has 10 heteroatoms. The summed E-state index contributed by atoms with van der Waals surface area (Å²) in [5.41, 5.74) is -1.25. The number of carbonyl (C=O) groups excluding carboxylic acids is 4. The van der Waals surface area contributed by atoms with Crippen molar-refractivity contribution < 1.29 is 32.7 Å². The van der Waals surface area contributed by atoms with Crippen LogP contribution < -0.4 is 10.6 Å². The molecule has 1 spiro atoms. The standard InChI is InChI=1S/C20H23F2N3O5/c1-11-5-7-20(8-6-11)18(28)25(19(29)24-20)10-16(26)30-12(2)17(27)23-15-4-3-13(21)9-14(15)22/h3-4,9,11-12H,5-8,10H2,1-2H3,(H,23,27)(H,24,29). The lowest BCUT2D eigenvalue weighted by Crippen LogP contribution is -2.49. The smallest absolute Gasteiger partial charge is 0.327 e. The summed E-state index contributed by atoms with van der Waals surface area (Å²) in [7, 11) is 0. The first-order valence-corrected chi connectivity index (χ1v) is 9.71. The average molecular weight is 423 g/mol. The van der Waals surface area contributed by atoms with E-state index in [-0.39, 0.29) is 5.69 Å². The van der Waals surface area contributed by atoms with E-state index in [1.165, 1.54) is 6.92 Å². The molecule has 2 aliphatic rings. The first-order chi connectivity index (χ1) is 14.1. The second-order valence-corrected chi connectivity index (χ2v) is 7.83. The van der Waals surface area contributed by atoms with Gasteiger partial charge >= 0.3 is 12.0 Å². The second kappa shape index (κ2) is 8.37. The van der Waals surface area contributed by atoms with E-state index in [1.54, 1.807) is 0 Å². The summed E-state index contributed by atoms with van der Waals surface area (Å²) in [6.07, 6.45) is 1.27. The molecule has 1 aromatic carbocycles. The highest BCUT2D eigenvalue weighted by atomic mass is 19.1. The van der Waals surface area contributed by atoms with Crippen LogP contribution in [-0.2, 0) is 19.1 Å². The van der Waals surface area contributed by atoms with Gasteiger partial charge in [-0.15, -0.1) is 0 Å². The minimum absolute atomic E-state index is 0.271. The van der Waals surface area contributed by atoms with E-state index in [1.807, 2.05) is 0 Å². The lowest BCUT2D eigenvalue weighted by Gasteiger charge is -2.33. The molecule has 1 saturated heterocycles. The van der Waals surface area contributed by atoms with Gasteiger partial charge in [-0.25, -0.2) is 13.6 Å². The molecule has 30 heavy (non-hydrogen) atoms. The van der Waals surface area contributed by atoms with Crippen molar-refractivity contribution in [1.29, 1.82) is 0 Å². The fraction of sp³-hybridized carbons (Fsp3) is 0.500. The molecule has 0 aromatic heterocycles. The normalized spacial score (nSPS) is 24.5. The maximum Gasteiger partial charge on any atom is 0.327 e. The van der Waals surface area contributed by atoms with Crippen molar-refractivity contribution in [3.8, 4) is 0 Å². The summed E-state index contributed by atoms with van der Waals surface area (Å²) < 4.78 is 31.6. The van der Waals surface area contributed by atoms with Crippen LogP contribution in [0, 0.1) is 17.6 Å². The molecule has 4 amide bonds. The Kier molecular flexibility index (Phi) is 6.04. The highest BCUT2D eigenvalue weighted by molar-refractivity contribution is 6.08. The Hall–Kier alpha value is -3.04. The van der Waals surface area contributed by atoms with Crippen LogP contribution in [0.15, 0.2) is 18.2 Å². The molecule has 1 atom stereocenters. The molecule has 0 radical (unpaired) electrons. The Morgan fingerprint density at radius 3 is 2.60 bits per heavy atom. The maximum atomic E-state index is 13.6. The number of esters is 1. The third-order valence-corrected chi connectivity index (χ3v) is 5.53. The number of ether oxygens (including phenoxy) is 1. The topological polar surface area (TPSA) is 105 Å². The van der Waals surface area contributed by atoms with Gasteiger partial charge in [0.1, 0.15) is 23.7 Å². The molecule has 1 aliphatic heterocycles. The van der Waals surface area contributed by atoms with Crippen molar-refractivity contribution in [2.75, 3.05) is 11.9 Å². The van der Waals surface area contributed by atoms with Gasteiger partial charge in [-0.1, -0.05) is 6.92 Å².